The molecule has 1 amide bonds. The van der Waals surface area contributed by atoms with Crippen LogP contribution in [0.25, 0.3) is 11.4 Å². The van der Waals surface area contributed by atoms with Gasteiger partial charge in [-0.1, -0.05) is 18.7 Å². The Morgan fingerprint density at radius 2 is 2.00 bits per heavy atom. The van der Waals surface area contributed by atoms with E-state index in [9.17, 15) is 4.79 Å². The smallest absolute Gasteiger partial charge is 0.237 e. The van der Waals surface area contributed by atoms with Gasteiger partial charge >= 0.3 is 0 Å². The van der Waals surface area contributed by atoms with E-state index in [2.05, 4.69) is 27.4 Å². The lowest BCUT2D eigenvalue weighted by atomic mass is 10.2. The van der Waals surface area contributed by atoms with Gasteiger partial charge in [0.1, 0.15) is 0 Å². The number of carbonyl (C=O) groups excluding carboxylic acids is 1. The van der Waals surface area contributed by atoms with E-state index < -0.39 is 0 Å². The van der Waals surface area contributed by atoms with Crippen LogP contribution in [0.3, 0.4) is 0 Å². The quantitative estimate of drug-likeness (QED) is 0.594. The number of nitrogens with zero attached hydrogens (tertiary/aromatic N) is 4. The van der Waals surface area contributed by atoms with Crippen LogP contribution in [0.4, 0.5) is 5.69 Å². The summed E-state index contributed by atoms with van der Waals surface area (Å²) in [5.41, 5.74) is 1.62. The topological polar surface area (TPSA) is 91.2 Å². The number of carbonyl (C=O) groups is 1. The Morgan fingerprint density at radius 1 is 1.21 bits per heavy atom. The van der Waals surface area contributed by atoms with Crippen molar-refractivity contribution >= 4 is 23.4 Å². The summed E-state index contributed by atoms with van der Waals surface area (Å²) < 4.78 is 12.7. The molecule has 1 unspecified atom stereocenters. The average Bonchev–Trinajstić information content (AvgIpc) is 3.36. The van der Waals surface area contributed by atoms with E-state index in [-0.39, 0.29) is 18.0 Å². The summed E-state index contributed by atoms with van der Waals surface area (Å²) in [6.45, 7) is 4.92. The molecular formula is C20H21N5O3S. The molecule has 0 saturated heterocycles. The second-order valence-corrected chi connectivity index (χ2v) is 7.82. The first-order chi connectivity index (χ1) is 14.2. The standard InChI is InChI=1S/C20H21N5O3S/c1-3-10-25-18(14-6-8-21-9-7-14)23-24-20(25)29-13(2)19(26)22-15-4-5-16-17(11-15)28-12-27-16/h4-9,11,13H,3,10,12H2,1-2H3,(H,22,26). The minimum atomic E-state index is -0.356. The van der Waals surface area contributed by atoms with Crippen molar-refractivity contribution in [3.8, 4) is 22.9 Å². The van der Waals surface area contributed by atoms with Gasteiger partial charge in [0.25, 0.3) is 0 Å². The molecule has 0 spiro atoms. The second kappa shape index (κ2) is 8.52. The average molecular weight is 411 g/mol. The molecule has 4 rings (SSSR count). The Balaban J connectivity index is 1.48. The number of hydrogen-bond donors (Lipinski definition) is 1. The molecule has 2 aromatic heterocycles. The first-order valence-corrected chi connectivity index (χ1v) is 10.2. The molecule has 0 saturated carbocycles. The summed E-state index contributed by atoms with van der Waals surface area (Å²) in [5, 5.41) is 11.9. The fraction of sp³-hybridized carbons (Fsp3) is 0.300. The molecule has 1 aliphatic heterocycles. The fourth-order valence-corrected chi connectivity index (χ4v) is 3.82. The van der Waals surface area contributed by atoms with E-state index in [0.29, 0.717) is 22.3 Å². The number of ether oxygens (including phenoxy) is 2. The summed E-state index contributed by atoms with van der Waals surface area (Å²) in [6.07, 6.45) is 4.39. The molecule has 1 atom stereocenters. The third-order valence-electron chi connectivity index (χ3n) is 4.39. The summed E-state index contributed by atoms with van der Waals surface area (Å²) in [6, 6.07) is 9.15. The molecule has 1 aliphatic rings. The van der Waals surface area contributed by atoms with Crippen LogP contribution in [-0.4, -0.2) is 37.7 Å². The number of aromatic nitrogens is 4. The minimum absolute atomic E-state index is 0.120. The van der Waals surface area contributed by atoms with Crippen molar-refractivity contribution in [1.82, 2.24) is 19.7 Å². The molecule has 0 aliphatic carbocycles. The molecular weight excluding hydrogens is 390 g/mol. The number of anilines is 1. The molecule has 8 nitrogen and oxygen atoms in total. The lowest BCUT2D eigenvalue weighted by Gasteiger charge is -2.13. The highest BCUT2D eigenvalue weighted by atomic mass is 32.2. The van der Waals surface area contributed by atoms with Crippen LogP contribution >= 0.6 is 11.8 Å². The highest BCUT2D eigenvalue weighted by Crippen LogP contribution is 2.34. The van der Waals surface area contributed by atoms with Crippen LogP contribution < -0.4 is 14.8 Å². The van der Waals surface area contributed by atoms with Crippen molar-refractivity contribution in [1.29, 1.82) is 0 Å². The van der Waals surface area contributed by atoms with Crippen molar-refractivity contribution in [3.05, 3.63) is 42.7 Å². The second-order valence-electron chi connectivity index (χ2n) is 6.51. The molecule has 0 bridgehead atoms. The van der Waals surface area contributed by atoms with Crippen LogP contribution in [0.15, 0.2) is 47.9 Å². The molecule has 0 radical (unpaired) electrons. The maximum atomic E-state index is 12.7. The zero-order valence-electron chi connectivity index (χ0n) is 16.2. The highest BCUT2D eigenvalue weighted by molar-refractivity contribution is 8.00. The molecule has 29 heavy (non-hydrogen) atoms. The van der Waals surface area contributed by atoms with E-state index in [0.717, 1.165) is 24.4 Å². The van der Waals surface area contributed by atoms with Gasteiger partial charge in [-0.25, -0.2) is 0 Å². The monoisotopic (exact) mass is 411 g/mol. The predicted molar refractivity (Wildman–Crippen MR) is 110 cm³/mol. The van der Waals surface area contributed by atoms with Crippen LogP contribution in [-0.2, 0) is 11.3 Å². The molecule has 1 aromatic carbocycles. The Labute approximate surface area is 172 Å². The number of rotatable bonds is 7. The Morgan fingerprint density at radius 3 is 2.79 bits per heavy atom. The Hall–Kier alpha value is -3.07. The molecule has 1 N–H and O–H groups in total. The summed E-state index contributed by atoms with van der Waals surface area (Å²) in [7, 11) is 0. The van der Waals surface area contributed by atoms with Gasteiger partial charge in [-0.3, -0.25) is 9.78 Å². The number of fused-ring (bicyclic) bond motifs is 1. The van der Waals surface area contributed by atoms with Gasteiger partial charge in [-0.05, 0) is 37.6 Å². The third kappa shape index (κ3) is 4.19. The maximum absolute atomic E-state index is 12.7. The summed E-state index contributed by atoms with van der Waals surface area (Å²) >= 11 is 1.38. The van der Waals surface area contributed by atoms with Crippen LogP contribution in [0.2, 0.25) is 0 Å². The maximum Gasteiger partial charge on any atom is 0.237 e. The summed E-state index contributed by atoms with van der Waals surface area (Å²) in [4.78, 5) is 16.7. The Bertz CT molecular complexity index is 1010. The normalized spacial score (nSPS) is 13.3. The number of thioether (sulfide) groups is 1. The lowest BCUT2D eigenvalue weighted by Crippen LogP contribution is -2.23. The lowest BCUT2D eigenvalue weighted by molar-refractivity contribution is -0.115. The number of benzene rings is 1. The number of amides is 1. The minimum Gasteiger partial charge on any atom is -0.454 e. The van der Waals surface area contributed by atoms with Crippen molar-refractivity contribution in [2.24, 2.45) is 0 Å². The predicted octanol–water partition coefficient (Wildman–Crippen LogP) is 3.60. The molecule has 0 fully saturated rings. The Kier molecular flexibility index (Phi) is 5.66. The SMILES string of the molecule is CCCn1c(SC(C)C(=O)Nc2ccc3c(c2)OCO3)nnc1-c1ccncc1. The van der Waals surface area contributed by atoms with Gasteiger partial charge in [0, 0.05) is 36.3 Å². The van der Waals surface area contributed by atoms with E-state index in [1.165, 1.54) is 11.8 Å². The van der Waals surface area contributed by atoms with Gasteiger partial charge < -0.3 is 19.4 Å². The molecule has 150 valence electrons. The zero-order chi connectivity index (χ0) is 20.2. The van der Waals surface area contributed by atoms with Gasteiger partial charge in [0.05, 0.1) is 5.25 Å². The van der Waals surface area contributed by atoms with Crippen molar-refractivity contribution in [3.63, 3.8) is 0 Å². The highest BCUT2D eigenvalue weighted by Gasteiger charge is 2.21. The van der Waals surface area contributed by atoms with Gasteiger partial charge in [0.15, 0.2) is 22.5 Å². The first kappa shape index (κ1) is 19.3. The molecule has 3 aromatic rings. The molecule has 9 heteroatoms. The largest absolute Gasteiger partial charge is 0.454 e. The van der Waals surface area contributed by atoms with Crippen molar-refractivity contribution in [2.75, 3.05) is 12.1 Å². The zero-order valence-corrected chi connectivity index (χ0v) is 17.0. The van der Waals surface area contributed by atoms with Gasteiger partial charge in [-0.2, -0.15) is 0 Å². The number of pyridine rings is 1. The van der Waals surface area contributed by atoms with E-state index in [1.54, 1.807) is 30.6 Å². The van der Waals surface area contributed by atoms with Crippen LogP contribution in [0.5, 0.6) is 11.5 Å². The molecule has 3 heterocycles. The first-order valence-electron chi connectivity index (χ1n) is 9.36. The van der Waals surface area contributed by atoms with E-state index in [4.69, 9.17) is 9.47 Å². The fourth-order valence-electron chi connectivity index (χ4n) is 2.95. The van der Waals surface area contributed by atoms with E-state index in [1.807, 2.05) is 23.6 Å². The number of hydrogen-bond acceptors (Lipinski definition) is 7. The van der Waals surface area contributed by atoms with Gasteiger partial charge in [-0.15, -0.1) is 10.2 Å². The van der Waals surface area contributed by atoms with Crippen molar-refractivity contribution < 1.29 is 14.3 Å². The van der Waals surface area contributed by atoms with Crippen molar-refractivity contribution in [2.45, 2.75) is 37.2 Å². The third-order valence-corrected chi connectivity index (χ3v) is 5.47. The van der Waals surface area contributed by atoms with E-state index >= 15 is 0 Å². The van der Waals surface area contributed by atoms with Gasteiger partial charge in [0.2, 0.25) is 12.7 Å². The van der Waals surface area contributed by atoms with Crippen LogP contribution in [0.1, 0.15) is 20.3 Å². The summed E-state index contributed by atoms with van der Waals surface area (Å²) in [5.74, 6) is 1.97. The van der Waals surface area contributed by atoms with Crippen LogP contribution in [0, 0.1) is 0 Å². The number of nitrogens with one attached hydrogen (secondary N) is 1.